The van der Waals surface area contributed by atoms with Crippen LogP contribution in [0.25, 0.3) is 0 Å². The van der Waals surface area contributed by atoms with Crippen LogP contribution in [0.15, 0.2) is 53.5 Å². The van der Waals surface area contributed by atoms with Crippen LogP contribution in [0.4, 0.5) is 0 Å². The summed E-state index contributed by atoms with van der Waals surface area (Å²) in [5, 5.41) is 9.33. The maximum atomic E-state index is 12.2. The van der Waals surface area contributed by atoms with E-state index in [0.29, 0.717) is 37.8 Å². The molecule has 0 aliphatic carbocycles. The van der Waals surface area contributed by atoms with Crippen molar-refractivity contribution < 1.29 is 14.3 Å². The van der Waals surface area contributed by atoms with Gasteiger partial charge in [-0.15, -0.1) is 24.0 Å². The average molecular weight is 526 g/mol. The summed E-state index contributed by atoms with van der Waals surface area (Å²) in [7, 11) is 1.60. The lowest BCUT2D eigenvalue weighted by molar-refractivity contribution is 0.0954. The molecule has 0 spiro atoms. The van der Waals surface area contributed by atoms with E-state index in [-0.39, 0.29) is 29.9 Å². The fourth-order valence-electron chi connectivity index (χ4n) is 2.64. The Bertz CT molecular complexity index is 797. The van der Waals surface area contributed by atoms with Gasteiger partial charge in [0.05, 0.1) is 20.3 Å². The zero-order valence-electron chi connectivity index (χ0n) is 17.7. The maximum Gasteiger partial charge on any atom is 0.251 e. The van der Waals surface area contributed by atoms with Gasteiger partial charge in [-0.1, -0.05) is 18.2 Å². The van der Waals surface area contributed by atoms with Crippen molar-refractivity contribution in [2.24, 2.45) is 4.99 Å². The molecule has 0 aliphatic heterocycles. The second-order valence-electron chi connectivity index (χ2n) is 6.15. The molecule has 3 N–H and O–H groups in total. The minimum absolute atomic E-state index is 0. The van der Waals surface area contributed by atoms with Crippen LogP contribution in [0.2, 0.25) is 0 Å². The van der Waals surface area contributed by atoms with E-state index in [0.717, 1.165) is 23.6 Å². The van der Waals surface area contributed by atoms with Gasteiger partial charge in [0.1, 0.15) is 11.5 Å². The molecule has 0 bridgehead atoms. The molecule has 0 saturated carbocycles. The summed E-state index contributed by atoms with van der Waals surface area (Å²) in [6.07, 6.45) is 0. The number of ether oxygens (including phenoxy) is 2. The van der Waals surface area contributed by atoms with Crippen molar-refractivity contribution in [3.05, 3.63) is 59.7 Å². The topological polar surface area (TPSA) is 84.0 Å². The lowest BCUT2D eigenvalue weighted by Gasteiger charge is -2.13. The van der Waals surface area contributed by atoms with E-state index in [9.17, 15) is 4.79 Å². The molecule has 2 rings (SSSR count). The largest absolute Gasteiger partial charge is 0.497 e. The van der Waals surface area contributed by atoms with Crippen molar-refractivity contribution in [3.63, 3.8) is 0 Å². The number of hydrogen-bond donors (Lipinski definition) is 3. The molecule has 0 atom stereocenters. The Balaban J connectivity index is 0.00000450. The fraction of sp³-hybridized carbons (Fsp3) is 0.364. The van der Waals surface area contributed by atoms with Gasteiger partial charge in [0.2, 0.25) is 0 Å². The van der Waals surface area contributed by atoms with Crippen molar-refractivity contribution in [3.8, 4) is 11.5 Å². The molecule has 8 heteroatoms. The molecule has 0 fully saturated rings. The summed E-state index contributed by atoms with van der Waals surface area (Å²) in [6, 6.07) is 14.9. The number of methoxy groups -OCH3 is 1. The molecule has 0 radical (unpaired) electrons. The standard InChI is InChI=1S/C22H30N4O3.HI/c1-4-23-22(26-16-18-8-6-7-9-20(18)29-5-2)25-15-14-24-21(27)17-10-12-19(28-3)13-11-17;/h6-13H,4-5,14-16H2,1-3H3,(H,24,27)(H2,23,25,26);1H. The first-order valence-corrected chi connectivity index (χ1v) is 9.83. The Morgan fingerprint density at radius 1 is 0.967 bits per heavy atom. The number of nitrogens with one attached hydrogen (secondary N) is 3. The van der Waals surface area contributed by atoms with Crippen molar-refractivity contribution in [1.29, 1.82) is 0 Å². The van der Waals surface area contributed by atoms with E-state index >= 15 is 0 Å². The number of carbonyl (C=O) groups is 1. The predicted molar refractivity (Wildman–Crippen MR) is 131 cm³/mol. The highest BCUT2D eigenvalue weighted by Gasteiger charge is 2.06. The van der Waals surface area contributed by atoms with Gasteiger partial charge in [-0.05, 0) is 44.2 Å². The highest BCUT2D eigenvalue weighted by atomic mass is 127. The Morgan fingerprint density at radius 3 is 2.33 bits per heavy atom. The van der Waals surface area contributed by atoms with Crippen LogP contribution in [0.3, 0.4) is 0 Å². The Kier molecular flexibility index (Phi) is 12.3. The third-order valence-corrected chi connectivity index (χ3v) is 4.08. The highest BCUT2D eigenvalue weighted by molar-refractivity contribution is 14.0. The smallest absolute Gasteiger partial charge is 0.251 e. The van der Waals surface area contributed by atoms with E-state index in [1.54, 1.807) is 31.4 Å². The first-order chi connectivity index (χ1) is 14.2. The summed E-state index contributed by atoms with van der Waals surface area (Å²) < 4.78 is 10.7. The number of para-hydroxylation sites is 1. The van der Waals surface area contributed by atoms with Crippen molar-refractivity contribution >= 4 is 35.8 Å². The Morgan fingerprint density at radius 2 is 1.67 bits per heavy atom. The number of aliphatic imine (C=N–C) groups is 1. The van der Waals surface area contributed by atoms with Gasteiger partial charge in [0.25, 0.3) is 5.91 Å². The number of guanidine groups is 1. The van der Waals surface area contributed by atoms with Crippen LogP contribution in [-0.2, 0) is 6.54 Å². The van der Waals surface area contributed by atoms with Gasteiger partial charge >= 0.3 is 0 Å². The summed E-state index contributed by atoms with van der Waals surface area (Å²) in [6.45, 7) is 6.88. The van der Waals surface area contributed by atoms with Crippen molar-refractivity contribution in [2.45, 2.75) is 20.4 Å². The number of nitrogens with zero attached hydrogens (tertiary/aromatic N) is 1. The minimum atomic E-state index is -0.123. The Labute approximate surface area is 195 Å². The zero-order chi connectivity index (χ0) is 20.9. The van der Waals surface area contributed by atoms with E-state index < -0.39 is 0 Å². The van der Waals surface area contributed by atoms with Gasteiger partial charge < -0.3 is 25.4 Å². The number of rotatable bonds is 10. The van der Waals surface area contributed by atoms with Gasteiger partial charge in [-0.2, -0.15) is 0 Å². The first-order valence-electron chi connectivity index (χ1n) is 9.83. The van der Waals surface area contributed by atoms with Crippen LogP contribution < -0.4 is 25.4 Å². The summed E-state index contributed by atoms with van der Waals surface area (Å²) >= 11 is 0. The van der Waals surface area contributed by atoms with Crippen molar-refractivity contribution in [2.75, 3.05) is 33.4 Å². The zero-order valence-corrected chi connectivity index (χ0v) is 20.1. The summed E-state index contributed by atoms with van der Waals surface area (Å²) in [4.78, 5) is 16.8. The summed E-state index contributed by atoms with van der Waals surface area (Å²) in [5.74, 6) is 2.14. The third kappa shape index (κ3) is 8.48. The molecule has 0 saturated heterocycles. The second kappa shape index (κ2) is 14.5. The number of carbonyl (C=O) groups excluding carboxylic acids is 1. The Hall–Kier alpha value is -2.49. The lowest BCUT2D eigenvalue weighted by Crippen LogP contribution is -2.41. The summed E-state index contributed by atoms with van der Waals surface area (Å²) in [5.41, 5.74) is 1.62. The maximum absolute atomic E-state index is 12.2. The predicted octanol–water partition coefficient (Wildman–Crippen LogP) is 3.20. The number of hydrogen-bond acceptors (Lipinski definition) is 4. The first kappa shape index (κ1) is 25.5. The van der Waals surface area contributed by atoms with E-state index in [4.69, 9.17) is 9.47 Å². The van der Waals surface area contributed by atoms with Crippen LogP contribution in [0.5, 0.6) is 11.5 Å². The van der Waals surface area contributed by atoms with Crippen LogP contribution in [0.1, 0.15) is 29.8 Å². The molecule has 0 heterocycles. The van der Waals surface area contributed by atoms with Gasteiger partial charge in [-0.25, -0.2) is 4.99 Å². The molecule has 164 valence electrons. The average Bonchev–Trinajstić information content (AvgIpc) is 2.76. The molecule has 0 aromatic heterocycles. The highest BCUT2D eigenvalue weighted by Crippen LogP contribution is 2.18. The number of amides is 1. The second-order valence-corrected chi connectivity index (χ2v) is 6.15. The van der Waals surface area contributed by atoms with Crippen LogP contribution in [-0.4, -0.2) is 45.2 Å². The van der Waals surface area contributed by atoms with Crippen molar-refractivity contribution in [1.82, 2.24) is 16.0 Å². The van der Waals surface area contributed by atoms with Gasteiger partial charge in [-0.3, -0.25) is 4.79 Å². The van der Waals surface area contributed by atoms with E-state index in [1.165, 1.54) is 0 Å². The van der Waals surface area contributed by atoms with E-state index in [2.05, 4.69) is 20.9 Å². The monoisotopic (exact) mass is 526 g/mol. The molecule has 0 aliphatic rings. The number of benzene rings is 2. The molecule has 1 amide bonds. The van der Waals surface area contributed by atoms with E-state index in [1.807, 2.05) is 38.1 Å². The fourth-order valence-corrected chi connectivity index (χ4v) is 2.64. The van der Waals surface area contributed by atoms with Crippen LogP contribution >= 0.6 is 24.0 Å². The molecule has 2 aromatic rings. The normalized spacial score (nSPS) is 10.6. The lowest BCUT2D eigenvalue weighted by atomic mass is 10.2. The molecule has 0 unspecified atom stereocenters. The van der Waals surface area contributed by atoms with Gasteiger partial charge in [0, 0.05) is 30.8 Å². The minimum Gasteiger partial charge on any atom is -0.497 e. The molecular formula is C22H31IN4O3. The quantitative estimate of drug-likeness (QED) is 0.192. The SMILES string of the molecule is CCNC(=NCc1ccccc1OCC)NCCNC(=O)c1ccc(OC)cc1.I. The molecule has 7 nitrogen and oxygen atoms in total. The van der Waals surface area contributed by atoms with Gasteiger partial charge in [0.15, 0.2) is 5.96 Å². The number of halogens is 1. The van der Waals surface area contributed by atoms with Crippen LogP contribution in [0, 0.1) is 0 Å². The molecular weight excluding hydrogens is 495 g/mol. The molecule has 30 heavy (non-hydrogen) atoms. The third-order valence-electron chi connectivity index (χ3n) is 4.08. The molecule has 2 aromatic carbocycles.